The third kappa shape index (κ3) is 1.57. The molecule has 0 amide bonds. The van der Waals surface area contributed by atoms with Crippen molar-refractivity contribution in [3.63, 3.8) is 0 Å². The van der Waals surface area contributed by atoms with Gasteiger partial charge in [0.25, 0.3) is 5.91 Å². The number of H-pyrrole nitrogens is 1. The molecule has 0 aliphatic heterocycles. The number of nitrogens with one attached hydrogen (secondary N) is 1. The van der Waals surface area contributed by atoms with Gasteiger partial charge in [0.2, 0.25) is 0 Å². The molecule has 0 radical (unpaired) electrons. The second kappa shape index (κ2) is 3.73. The Labute approximate surface area is 103 Å². The highest BCUT2D eigenvalue weighted by atomic mass is 16.2. The van der Waals surface area contributed by atoms with Crippen molar-refractivity contribution >= 4 is 22.6 Å². The van der Waals surface area contributed by atoms with Gasteiger partial charge in [0.1, 0.15) is 5.82 Å². The molecule has 0 saturated carbocycles. The fraction of sp³-hybridized carbons (Fsp3) is 0.0769. The van der Waals surface area contributed by atoms with E-state index in [9.17, 15) is 4.79 Å². The molecule has 2 heterocycles. The average molecular weight is 240 g/mol. The molecule has 2 aromatic heterocycles. The Morgan fingerprint density at radius 2 is 2.17 bits per heavy atom. The number of carbonyl (C=O) groups excluding carboxylic acids is 1. The molecule has 5 heteroatoms. The first kappa shape index (κ1) is 10.6. The van der Waals surface area contributed by atoms with Gasteiger partial charge in [0.15, 0.2) is 0 Å². The summed E-state index contributed by atoms with van der Waals surface area (Å²) < 4.78 is 1.23. The standard InChI is InChI=1S/C13H12N4O/c1-8-6-12(14)17(16-8)13(18)10-2-3-11-9(7-10)4-5-15-11/h2-7,15H,14H2,1H3. The number of nitrogen functional groups attached to an aromatic ring is 1. The van der Waals surface area contributed by atoms with E-state index in [1.165, 1.54) is 4.68 Å². The lowest BCUT2D eigenvalue weighted by atomic mass is 10.1. The zero-order chi connectivity index (χ0) is 12.7. The van der Waals surface area contributed by atoms with Gasteiger partial charge in [0, 0.05) is 28.7 Å². The molecule has 3 N–H and O–H groups in total. The molecular formula is C13H12N4O. The predicted molar refractivity (Wildman–Crippen MR) is 69.4 cm³/mol. The average Bonchev–Trinajstić information content (AvgIpc) is 2.93. The number of carbonyl (C=O) groups is 1. The van der Waals surface area contributed by atoms with Crippen molar-refractivity contribution in [2.24, 2.45) is 0 Å². The van der Waals surface area contributed by atoms with Gasteiger partial charge < -0.3 is 10.7 Å². The summed E-state index contributed by atoms with van der Waals surface area (Å²) in [7, 11) is 0. The number of aromatic nitrogens is 3. The van der Waals surface area contributed by atoms with Crippen LogP contribution in [-0.2, 0) is 0 Å². The SMILES string of the molecule is Cc1cc(N)n(C(=O)c2ccc3[nH]ccc3c2)n1. The van der Waals surface area contributed by atoms with Gasteiger partial charge in [-0.1, -0.05) is 0 Å². The van der Waals surface area contributed by atoms with Gasteiger partial charge in [-0.15, -0.1) is 0 Å². The van der Waals surface area contributed by atoms with Crippen LogP contribution in [0.25, 0.3) is 10.9 Å². The number of rotatable bonds is 1. The van der Waals surface area contributed by atoms with Crippen molar-refractivity contribution in [3.05, 3.63) is 47.8 Å². The number of nitrogens with zero attached hydrogens (tertiary/aromatic N) is 2. The summed E-state index contributed by atoms with van der Waals surface area (Å²) in [6.07, 6.45) is 1.84. The highest BCUT2D eigenvalue weighted by molar-refractivity contribution is 6.00. The molecule has 90 valence electrons. The lowest BCUT2D eigenvalue weighted by Crippen LogP contribution is -2.16. The summed E-state index contributed by atoms with van der Waals surface area (Å²) in [5.41, 5.74) is 8.03. The van der Waals surface area contributed by atoms with E-state index in [0.29, 0.717) is 11.4 Å². The van der Waals surface area contributed by atoms with E-state index in [2.05, 4.69) is 10.1 Å². The van der Waals surface area contributed by atoms with Gasteiger partial charge in [-0.2, -0.15) is 9.78 Å². The molecule has 0 atom stereocenters. The minimum absolute atomic E-state index is 0.219. The molecule has 0 saturated heterocycles. The Morgan fingerprint density at radius 1 is 1.33 bits per heavy atom. The Kier molecular flexibility index (Phi) is 2.19. The number of nitrogens with two attached hydrogens (primary N) is 1. The van der Waals surface area contributed by atoms with Gasteiger partial charge in [-0.05, 0) is 31.2 Å². The van der Waals surface area contributed by atoms with Crippen LogP contribution in [0.5, 0.6) is 0 Å². The van der Waals surface area contributed by atoms with Crippen LogP contribution in [0.4, 0.5) is 5.82 Å². The summed E-state index contributed by atoms with van der Waals surface area (Å²) in [6.45, 7) is 1.80. The van der Waals surface area contributed by atoms with E-state index in [1.807, 2.05) is 24.4 Å². The summed E-state index contributed by atoms with van der Waals surface area (Å²) in [4.78, 5) is 15.3. The maximum atomic E-state index is 12.3. The van der Waals surface area contributed by atoms with Crippen LogP contribution in [0.3, 0.4) is 0 Å². The van der Waals surface area contributed by atoms with Crippen LogP contribution < -0.4 is 5.73 Å². The monoisotopic (exact) mass is 240 g/mol. The Balaban J connectivity index is 2.08. The Bertz CT molecular complexity index is 738. The van der Waals surface area contributed by atoms with Crippen molar-refractivity contribution < 1.29 is 4.79 Å². The van der Waals surface area contributed by atoms with Crippen LogP contribution in [0.2, 0.25) is 0 Å². The first-order chi connectivity index (χ1) is 8.65. The van der Waals surface area contributed by atoms with Crippen LogP contribution in [-0.4, -0.2) is 20.7 Å². The highest BCUT2D eigenvalue weighted by Gasteiger charge is 2.13. The lowest BCUT2D eigenvalue weighted by molar-refractivity contribution is 0.0947. The number of hydrogen-bond donors (Lipinski definition) is 2. The number of benzene rings is 1. The number of hydrogen-bond acceptors (Lipinski definition) is 3. The first-order valence-electron chi connectivity index (χ1n) is 5.59. The van der Waals surface area contributed by atoms with Crippen LogP contribution in [0, 0.1) is 6.92 Å². The van der Waals surface area contributed by atoms with Gasteiger partial charge in [-0.3, -0.25) is 4.79 Å². The van der Waals surface area contributed by atoms with E-state index in [0.717, 1.165) is 16.6 Å². The topological polar surface area (TPSA) is 76.7 Å². The fourth-order valence-electron chi connectivity index (χ4n) is 1.99. The largest absolute Gasteiger partial charge is 0.383 e. The summed E-state index contributed by atoms with van der Waals surface area (Å²) in [5, 5.41) is 5.08. The van der Waals surface area contributed by atoms with Crippen LogP contribution >= 0.6 is 0 Å². The zero-order valence-corrected chi connectivity index (χ0v) is 9.84. The van der Waals surface area contributed by atoms with Crippen molar-refractivity contribution in [3.8, 4) is 0 Å². The van der Waals surface area contributed by atoms with Gasteiger partial charge >= 0.3 is 0 Å². The quantitative estimate of drug-likeness (QED) is 0.682. The molecule has 0 spiro atoms. The summed E-state index contributed by atoms with van der Waals surface area (Å²) >= 11 is 0. The van der Waals surface area contributed by atoms with Crippen LogP contribution in [0.15, 0.2) is 36.5 Å². The number of aromatic amines is 1. The van der Waals surface area contributed by atoms with E-state index >= 15 is 0 Å². The maximum Gasteiger partial charge on any atom is 0.280 e. The molecule has 0 fully saturated rings. The molecule has 5 nitrogen and oxygen atoms in total. The molecule has 3 rings (SSSR count). The number of anilines is 1. The van der Waals surface area contributed by atoms with Gasteiger partial charge in [0.05, 0.1) is 5.69 Å². The molecule has 0 unspecified atom stereocenters. The first-order valence-corrected chi connectivity index (χ1v) is 5.59. The van der Waals surface area contributed by atoms with Crippen LogP contribution in [0.1, 0.15) is 16.1 Å². The van der Waals surface area contributed by atoms with Crippen molar-refractivity contribution in [2.75, 3.05) is 5.73 Å². The number of fused-ring (bicyclic) bond motifs is 1. The van der Waals surface area contributed by atoms with E-state index < -0.39 is 0 Å². The van der Waals surface area contributed by atoms with Gasteiger partial charge in [-0.25, -0.2) is 0 Å². The van der Waals surface area contributed by atoms with Crippen molar-refractivity contribution in [2.45, 2.75) is 6.92 Å². The van der Waals surface area contributed by atoms with Crippen molar-refractivity contribution in [1.82, 2.24) is 14.8 Å². The van der Waals surface area contributed by atoms with Crippen molar-refractivity contribution in [1.29, 1.82) is 0 Å². The lowest BCUT2D eigenvalue weighted by Gasteiger charge is -2.03. The third-order valence-electron chi connectivity index (χ3n) is 2.85. The summed E-state index contributed by atoms with van der Waals surface area (Å²) in [5.74, 6) is 0.135. The Morgan fingerprint density at radius 3 is 2.89 bits per heavy atom. The molecular weight excluding hydrogens is 228 g/mol. The summed E-state index contributed by atoms with van der Waals surface area (Å²) in [6, 6.07) is 9.05. The normalized spacial score (nSPS) is 10.9. The highest BCUT2D eigenvalue weighted by Crippen LogP contribution is 2.16. The third-order valence-corrected chi connectivity index (χ3v) is 2.85. The fourth-order valence-corrected chi connectivity index (χ4v) is 1.99. The minimum atomic E-state index is -0.219. The van der Waals surface area contributed by atoms with E-state index in [-0.39, 0.29) is 5.91 Å². The second-order valence-electron chi connectivity index (χ2n) is 4.21. The predicted octanol–water partition coefficient (Wildman–Crippen LogP) is 1.94. The molecule has 3 aromatic rings. The molecule has 18 heavy (non-hydrogen) atoms. The van der Waals surface area contributed by atoms with E-state index in [1.54, 1.807) is 19.1 Å². The molecule has 0 bridgehead atoms. The molecule has 1 aromatic carbocycles. The zero-order valence-electron chi connectivity index (χ0n) is 9.84. The molecule has 0 aliphatic carbocycles. The minimum Gasteiger partial charge on any atom is -0.383 e. The number of aryl methyl sites for hydroxylation is 1. The maximum absolute atomic E-state index is 12.3. The smallest absolute Gasteiger partial charge is 0.280 e. The molecule has 0 aliphatic rings. The second-order valence-corrected chi connectivity index (χ2v) is 4.21. The Hall–Kier alpha value is -2.56. The van der Waals surface area contributed by atoms with E-state index in [4.69, 9.17) is 5.73 Å².